The van der Waals surface area contributed by atoms with Crippen LogP contribution in [-0.2, 0) is 16.1 Å². The van der Waals surface area contributed by atoms with Crippen molar-refractivity contribution in [3.05, 3.63) is 104 Å². The standard InChI is InChI=1S/C28H31FN4O4/c1-17(2)19-9-11-21(12-10-19)25(20-7-5-4-6-8-20)30-27(36)23-13-22(29)15-33(23)24(34)16-32-14-18(3)26(35)31-28(32)37/h4-12,14,17,22-23,25H,13,15-16H2,1-3H3,(H,30,36)(H,31,35,37). The van der Waals surface area contributed by atoms with Gasteiger partial charge in [-0.1, -0.05) is 68.4 Å². The highest BCUT2D eigenvalue weighted by Gasteiger charge is 2.40. The van der Waals surface area contributed by atoms with E-state index >= 15 is 0 Å². The number of amides is 2. The molecule has 3 atom stereocenters. The Bertz CT molecular complexity index is 1380. The van der Waals surface area contributed by atoms with Crippen LogP contribution < -0.4 is 16.6 Å². The number of carbonyl (C=O) groups is 2. The minimum atomic E-state index is -1.37. The molecule has 37 heavy (non-hydrogen) atoms. The van der Waals surface area contributed by atoms with Gasteiger partial charge in [0.15, 0.2) is 0 Å². The molecule has 2 amide bonds. The third-order valence-electron chi connectivity index (χ3n) is 6.72. The van der Waals surface area contributed by atoms with Gasteiger partial charge in [0, 0.05) is 18.2 Å². The summed E-state index contributed by atoms with van der Waals surface area (Å²) in [5.74, 6) is -0.691. The molecule has 3 aromatic rings. The Balaban J connectivity index is 1.57. The molecule has 9 heteroatoms. The summed E-state index contributed by atoms with van der Waals surface area (Å²) >= 11 is 0. The molecule has 8 nitrogen and oxygen atoms in total. The lowest BCUT2D eigenvalue weighted by Crippen LogP contribution is -2.48. The van der Waals surface area contributed by atoms with Gasteiger partial charge in [0.25, 0.3) is 5.56 Å². The van der Waals surface area contributed by atoms with Crippen LogP contribution in [0.1, 0.15) is 54.5 Å². The van der Waals surface area contributed by atoms with Crippen molar-refractivity contribution >= 4 is 11.8 Å². The quantitative estimate of drug-likeness (QED) is 0.514. The van der Waals surface area contributed by atoms with E-state index in [4.69, 9.17) is 0 Å². The number of nitrogens with one attached hydrogen (secondary N) is 2. The first-order valence-electron chi connectivity index (χ1n) is 12.3. The zero-order valence-electron chi connectivity index (χ0n) is 21.1. The van der Waals surface area contributed by atoms with Crippen LogP contribution in [-0.4, -0.2) is 45.0 Å². The molecule has 1 saturated heterocycles. The fourth-order valence-corrected chi connectivity index (χ4v) is 4.60. The Morgan fingerprint density at radius 2 is 1.65 bits per heavy atom. The van der Waals surface area contributed by atoms with Crippen LogP contribution in [0.2, 0.25) is 0 Å². The van der Waals surface area contributed by atoms with E-state index in [0.29, 0.717) is 5.92 Å². The summed E-state index contributed by atoms with van der Waals surface area (Å²) in [7, 11) is 0. The number of nitrogens with zero attached hydrogens (tertiary/aromatic N) is 2. The van der Waals surface area contributed by atoms with E-state index in [1.165, 1.54) is 23.6 Å². The fourth-order valence-electron chi connectivity index (χ4n) is 4.60. The maximum Gasteiger partial charge on any atom is 0.328 e. The second-order valence-corrected chi connectivity index (χ2v) is 9.77. The summed E-state index contributed by atoms with van der Waals surface area (Å²) in [5.41, 5.74) is 1.88. The average molecular weight is 507 g/mol. The van der Waals surface area contributed by atoms with Gasteiger partial charge in [-0.3, -0.25) is 23.9 Å². The third kappa shape index (κ3) is 5.87. The largest absolute Gasteiger partial charge is 0.343 e. The number of aryl methyl sites for hydroxylation is 1. The highest BCUT2D eigenvalue weighted by molar-refractivity contribution is 5.89. The summed E-state index contributed by atoms with van der Waals surface area (Å²) in [4.78, 5) is 53.6. The molecule has 0 aliphatic carbocycles. The van der Waals surface area contributed by atoms with Gasteiger partial charge < -0.3 is 10.2 Å². The maximum atomic E-state index is 14.5. The SMILES string of the molecule is Cc1cn(CC(=O)N2CC(F)CC2C(=O)NC(c2ccccc2)c2ccc(C(C)C)cc2)c(=O)[nH]c1=O. The molecule has 1 aliphatic heterocycles. The number of aromatic amines is 1. The summed E-state index contributed by atoms with van der Waals surface area (Å²) in [6, 6.07) is 15.9. The molecular formula is C28H31FN4O4. The molecule has 1 aliphatic rings. The van der Waals surface area contributed by atoms with Crippen LogP contribution in [0, 0.1) is 6.92 Å². The van der Waals surface area contributed by atoms with Crippen molar-refractivity contribution in [2.45, 2.75) is 57.9 Å². The highest BCUT2D eigenvalue weighted by atomic mass is 19.1. The van der Waals surface area contributed by atoms with Crippen LogP contribution in [0.3, 0.4) is 0 Å². The molecule has 2 heterocycles. The monoisotopic (exact) mass is 506 g/mol. The Kier molecular flexibility index (Phi) is 7.71. The van der Waals surface area contributed by atoms with Gasteiger partial charge in [-0.2, -0.15) is 0 Å². The summed E-state index contributed by atoms with van der Waals surface area (Å²) in [6.07, 6.45) is -0.219. The summed E-state index contributed by atoms with van der Waals surface area (Å²) in [5, 5.41) is 3.02. The third-order valence-corrected chi connectivity index (χ3v) is 6.72. The van der Waals surface area contributed by atoms with Gasteiger partial charge in [0.2, 0.25) is 11.8 Å². The Morgan fingerprint density at radius 3 is 2.30 bits per heavy atom. The first-order chi connectivity index (χ1) is 17.6. The number of hydrogen-bond acceptors (Lipinski definition) is 4. The lowest BCUT2D eigenvalue weighted by Gasteiger charge is -2.27. The molecule has 194 valence electrons. The number of rotatable bonds is 7. The zero-order valence-corrected chi connectivity index (χ0v) is 21.1. The Morgan fingerprint density at radius 1 is 1.03 bits per heavy atom. The van der Waals surface area contributed by atoms with E-state index in [1.54, 1.807) is 0 Å². The minimum Gasteiger partial charge on any atom is -0.343 e. The van der Waals surface area contributed by atoms with Gasteiger partial charge in [-0.15, -0.1) is 0 Å². The number of carbonyl (C=O) groups excluding carboxylic acids is 2. The van der Waals surface area contributed by atoms with Crippen molar-refractivity contribution in [1.82, 2.24) is 19.8 Å². The fraction of sp³-hybridized carbons (Fsp3) is 0.357. The summed E-state index contributed by atoms with van der Waals surface area (Å²) in [6.45, 7) is 5.07. The molecule has 4 rings (SSSR count). The van der Waals surface area contributed by atoms with Crippen molar-refractivity contribution in [3.8, 4) is 0 Å². The van der Waals surface area contributed by atoms with Gasteiger partial charge in [0.1, 0.15) is 18.8 Å². The lowest BCUT2D eigenvalue weighted by molar-refractivity contribution is -0.139. The summed E-state index contributed by atoms with van der Waals surface area (Å²) < 4.78 is 15.6. The van der Waals surface area contributed by atoms with Crippen LogP contribution >= 0.6 is 0 Å². The number of hydrogen-bond donors (Lipinski definition) is 2. The molecule has 3 unspecified atom stereocenters. The Labute approximate surface area is 214 Å². The minimum absolute atomic E-state index is 0.134. The zero-order chi connectivity index (χ0) is 26.7. The molecule has 0 saturated carbocycles. The Hall–Kier alpha value is -4.01. The van der Waals surface area contributed by atoms with E-state index in [0.717, 1.165) is 15.7 Å². The normalized spacial score (nSPS) is 18.1. The van der Waals surface area contributed by atoms with Crippen LogP contribution in [0.4, 0.5) is 4.39 Å². The molecular weight excluding hydrogens is 475 g/mol. The van der Waals surface area contributed by atoms with Crippen LogP contribution in [0.15, 0.2) is 70.4 Å². The molecule has 0 bridgehead atoms. The number of H-pyrrole nitrogens is 1. The molecule has 1 aromatic heterocycles. The molecule has 1 fully saturated rings. The van der Waals surface area contributed by atoms with E-state index in [9.17, 15) is 23.6 Å². The second-order valence-electron chi connectivity index (χ2n) is 9.77. The number of likely N-dealkylation sites (tertiary alicyclic amines) is 1. The first kappa shape index (κ1) is 26.1. The van der Waals surface area contributed by atoms with Crippen molar-refractivity contribution in [1.29, 1.82) is 0 Å². The number of aromatic nitrogens is 2. The van der Waals surface area contributed by atoms with Gasteiger partial charge in [-0.25, -0.2) is 9.18 Å². The average Bonchev–Trinajstić information content (AvgIpc) is 3.28. The number of benzene rings is 2. The van der Waals surface area contributed by atoms with Crippen LogP contribution in [0.25, 0.3) is 0 Å². The molecule has 0 radical (unpaired) electrons. The molecule has 2 N–H and O–H groups in total. The molecule has 2 aromatic carbocycles. The number of alkyl halides is 1. The molecule has 0 spiro atoms. The highest BCUT2D eigenvalue weighted by Crippen LogP contribution is 2.27. The van der Waals surface area contributed by atoms with Crippen LogP contribution in [0.5, 0.6) is 0 Å². The lowest BCUT2D eigenvalue weighted by atomic mass is 9.95. The maximum absolute atomic E-state index is 14.5. The predicted molar refractivity (Wildman–Crippen MR) is 138 cm³/mol. The van der Waals surface area contributed by atoms with Gasteiger partial charge >= 0.3 is 5.69 Å². The van der Waals surface area contributed by atoms with E-state index in [-0.39, 0.29) is 18.5 Å². The van der Waals surface area contributed by atoms with Gasteiger partial charge in [-0.05, 0) is 29.5 Å². The van der Waals surface area contributed by atoms with Crippen molar-refractivity contribution in [2.75, 3.05) is 6.54 Å². The first-order valence-corrected chi connectivity index (χ1v) is 12.3. The predicted octanol–water partition coefficient (Wildman–Crippen LogP) is 2.81. The van der Waals surface area contributed by atoms with E-state index in [2.05, 4.69) is 24.1 Å². The smallest absolute Gasteiger partial charge is 0.328 e. The second kappa shape index (κ2) is 10.9. The van der Waals surface area contributed by atoms with Crippen molar-refractivity contribution in [3.63, 3.8) is 0 Å². The number of halogens is 1. The topological polar surface area (TPSA) is 104 Å². The van der Waals surface area contributed by atoms with Gasteiger partial charge in [0.05, 0.1) is 12.6 Å². The van der Waals surface area contributed by atoms with E-state index < -0.39 is 47.9 Å². The van der Waals surface area contributed by atoms with Crippen molar-refractivity contribution < 1.29 is 14.0 Å². The van der Waals surface area contributed by atoms with E-state index in [1.807, 2.05) is 54.6 Å². The van der Waals surface area contributed by atoms with Crippen molar-refractivity contribution in [2.24, 2.45) is 0 Å².